The van der Waals surface area contributed by atoms with Gasteiger partial charge in [-0.3, -0.25) is 9.59 Å². The molecular formula is C40H64N8O6. The van der Waals surface area contributed by atoms with E-state index in [1.165, 1.54) is 0 Å². The van der Waals surface area contributed by atoms with Crippen molar-refractivity contribution in [3.05, 3.63) is 53.7 Å². The van der Waals surface area contributed by atoms with E-state index in [0.717, 1.165) is 35.7 Å². The van der Waals surface area contributed by atoms with Gasteiger partial charge in [-0.1, -0.05) is 18.2 Å². The molecule has 1 fully saturated rings. The third kappa shape index (κ3) is 12.3. The van der Waals surface area contributed by atoms with Crippen LogP contribution in [0.25, 0.3) is 10.9 Å². The summed E-state index contributed by atoms with van der Waals surface area (Å²) in [5, 5.41) is 10.6. The van der Waals surface area contributed by atoms with E-state index in [2.05, 4.69) is 25.9 Å². The number of urea groups is 1. The molecule has 3 heterocycles. The van der Waals surface area contributed by atoms with Crippen LogP contribution in [0.3, 0.4) is 0 Å². The van der Waals surface area contributed by atoms with Crippen LogP contribution >= 0.6 is 0 Å². The highest BCUT2D eigenvalue weighted by atomic mass is 16.6. The first-order valence-corrected chi connectivity index (χ1v) is 19.2. The van der Waals surface area contributed by atoms with Crippen LogP contribution in [0.2, 0.25) is 0 Å². The number of piperidine rings is 1. The van der Waals surface area contributed by atoms with E-state index in [9.17, 15) is 19.2 Å². The van der Waals surface area contributed by atoms with Crippen molar-refractivity contribution >= 4 is 34.8 Å². The number of hydrogen-bond donors (Lipinski definition) is 6. The van der Waals surface area contributed by atoms with Crippen LogP contribution in [0.1, 0.15) is 118 Å². The topological polar surface area (TPSA) is 197 Å². The lowest BCUT2D eigenvalue weighted by atomic mass is 9.88. The number of hydrogen-bond acceptors (Lipinski definition) is 9. The Morgan fingerprint density at radius 3 is 2.33 bits per heavy atom. The van der Waals surface area contributed by atoms with Crippen LogP contribution < -0.4 is 21.7 Å². The third-order valence-corrected chi connectivity index (χ3v) is 9.47. The first kappa shape index (κ1) is 42.3. The van der Waals surface area contributed by atoms with Gasteiger partial charge in [0, 0.05) is 62.5 Å². The lowest BCUT2D eigenvalue weighted by Gasteiger charge is -2.33. The molecule has 3 aromatic rings. The van der Waals surface area contributed by atoms with Crippen LogP contribution in [0, 0.1) is 0 Å². The fraction of sp³-hybridized carbons (Fsp3) is 0.625. The highest BCUT2D eigenvalue weighted by Crippen LogP contribution is 2.28. The number of fused-ring (bicyclic) bond motifs is 1. The second-order valence-corrected chi connectivity index (χ2v) is 16.8. The Morgan fingerprint density at radius 1 is 0.981 bits per heavy atom. The SMILES string of the molecule is CC(C)(C)OC(=O)CCNC1CCN(C(=O)N[C@H](Cc2c[nH]c3ccccc23)c2ncc(C(C)(C)C(=O)N[C@H](CCCCN)C(=O)OC(C)(C)C)[nH]2)CC1.[HH]. The van der Waals surface area contributed by atoms with Crippen molar-refractivity contribution in [3.8, 4) is 0 Å². The maximum absolute atomic E-state index is 13.8. The maximum atomic E-state index is 13.8. The number of carbonyl (C=O) groups is 4. The van der Waals surface area contributed by atoms with Crippen LogP contribution in [-0.2, 0) is 35.7 Å². The molecule has 0 radical (unpaired) electrons. The van der Waals surface area contributed by atoms with Gasteiger partial charge in [0.15, 0.2) is 0 Å². The molecule has 1 aromatic carbocycles. The fourth-order valence-electron chi connectivity index (χ4n) is 6.44. The highest BCUT2D eigenvalue weighted by molar-refractivity contribution is 5.91. The van der Waals surface area contributed by atoms with Gasteiger partial charge in [0.25, 0.3) is 0 Å². The van der Waals surface area contributed by atoms with E-state index in [1.54, 1.807) is 45.7 Å². The van der Waals surface area contributed by atoms with Crippen molar-refractivity contribution in [2.24, 2.45) is 5.73 Å². The zero-order valence-corrected chi connectivity index (χ0v) is 33.4. The second-order valence-electron chi connectivity index (χ2n) is 16.8. The fourth-order valence-corrected chi connectivity index (χ4v) is 6.44. The highest BCUT2D eigenvalue weighted by Gasteiger charge is 2.37. The van der Waals surface area contributed by atoms with Crippen molar-refractivity contribution in [2.75, 3.05) is 26.2 Å². The number of para-hydroxylation sites is 1. The van der Waals surface area contributed by atoms with Gasteiger partial charge in [0.1, 0.15) is 23.1 Å². The van der Waals surface area contributed by atoms with E-state index >= 15 is 0 Å². The van der Waals surface area contributed by atoms with Crippen molar-refractivity contribution in [1.29, 1.82) is 0 Å². The number of H-pyrrole nitrogens is 2. The number of aromatic amines is 2. The predicted molar refractivity (Wildman–Crippen MR) is 211 cm³/mol. The summed E-state index contributed by atoms with van der Waals surface area (Å²) in [6, 6.07) is 6.60. The summed E-state index contributed by atoms with van der Waals surface area (Å²) in [5.41, 5.74) is 5.91. The van der Waals surface area contributed by atoms with Crippen LogP contribution in [-0.4, -0.2) is 93.2 Å². The molecule has 0 spiro atoms. The number of imidazole rings is 1. The molecule has 0 saturated carbocycles. The molecule has 3 amide bonds. The summed E-state index contributed by atoms with van der Waals surface area (Å²) in [6.07, 6.45) is 7.58. The molecule has 7 N–H and O–H groups in total. The minimum atomic E-state index is -1.10. The monoisotopic (exact) mass is 752 g/mol. The molecule has 1 aliphatic heterocycles. The first-order valence-electron chi connectivity index (χ1n) is 19.2. The third-order valence-electron chi connectivity index (χ3n) is 9.47. The summed E-state index contributed by atoms with van der Waals surface area (Å²) < 4.78 is 11.0. The van der Waals surface area contributed by atoms with Crippen LogP contribution in [0.4, 0.5) is 4.79 Å². The number of aromatic nitrogens is 3. The molecule has 54 heavy (non-hydrogen) atoms. The van der Waals surface area contributed by atoms with Crippen molar-refractivity contribution in [3.63, 3.8) is 0 Å². The van der Waals surface area contributed by atoms with E-state index < -0.39 is 34.7 Å². The van der Waals surface area contributed by atoms with Gasteiger partial charge in [-0.2, -0.15) is 0 Å². The quantitative estimate of drug-likeness (QED) is 0.0847. The van der Waals surface area contributed by atoms with Gasteiger partial charge in [0.2, 0.25) is 5.91 Å². The number of ether oxygens (including phenoxy) is 2. The molecule has 300 valence electrons. The van der Waals surface area contributed by atoms with Gasteiger partial charge in [-0.05, 0) is 106 Å². The molecule has 14 nitrogen and oxygen atoms in total. The molecule has 2 aromatic heterocycles. The summed E-state index contributed by atoms with van der Waals surface area (Å²) in [5.74, 6) is -0.575. The lowest BCUT2D eigenvalue weighted by molar-refractivity contribution is -0.159. The number of nitrogens with zero attached hydrogens (tertiary/aromatic N) is 2. The molecule has 1 saturated heterocycles. The number of rotatable bonds is 16. The molecule has 0 aliphatic carbocycles. The van der Waals surface area contributed by atoms with Gasteiger partial charge in [0.05, 0.1) is 17.9 Å². The number of likely N-dealkylation sites (tertiary alicyclic amines) is 1. The zero-order chi connectivity index (χ0) is 39.7. The van der Waals surface area contributed by atoms with E-state index in [1.807, 2.05) is 51.2 Å². The number of esters is 2. The summed E-state index contributed by atoms with van der Waals surface area (Å²) in [6.45, 7) is 16.6. The number of nitrogens with two attached hydrogens (primary N) is 1. The molecule has 4 rings (SSSR count). The Bertz CT molecular complexity index is 1720. The lowest BCUT2D eigenvalue weighted by Crippen LogP contribution is -2.50. The second kappa shape index (κ2) is 18.3. The average Bonchev–Trinajstić information content (AvgIpc) is 3.75. The summed E-state index contributed by atoms with van der Waals surface area (Å²) in [7, 11) is 0. The number of unbranched alkanes of at least 4 members (excludes halogenated alkanes) is 1. The minimum Gasteiger partial charge on any atom is -0.460 e. The molecule has 2 atom stereocenters. The maximum Gasteiger partial charge on any atom is 0.329 e. The number of benzene rings is 1. The largest absolute Gasteiger partial charge is 0.460 e. The van der Waals surface area contributed by atoms with Crippen LogP contribution in [0.15, 0.2) is 36.7 Å². The number of nitrogens with one attached hydrogen (secondary N) is 5. The number of amides is 3. The molecule has 0 bridgehead atoms. The standard InChI is InChI=1S/C40H62N8O6.H2/c1-38(2,3)53-33(49)16-20-42-27-17-21-48(22-18-27)37(52)46-31(23-26-24-43-29-14-10-9-13-28(26)29)34-44-25-32(47-34)40(7,8)36(51)45-30(15-11-12-19-41)35(50)54-39(4,5)6;/h9-10,13-14,24-25,27,30-31,42-43H,11-12,15-23,41H2,1-8H3,(H,44,47)(H,45,51)(H,46,52);1H/t30-,31-;/m1./s1. The molecule has 0 unspecified atom stereocenters. The summed E-state index contributed by atoms with van der Waals surface area (Å²) in [4.78, 5) is 66.0. The normalized spacial score (nSPS) is 15.5. The Morgan fingerprint density at radius 2 is 1.67 bits per heavy atom. The first-order chi connectivity index (χ1) is 25.4. The predicted octanol–water partition coefficient (Wildman–Crippen LogP) is 5.15. The summed E-state index contributed by atoms with van der Waals surface area (Å²) >= 11 is 0. The number of carbonyl (C=O) groups excluding carboxylic acids is 4. The minimum absolute atomic E-state index is 0. The zero-order valence-electron chi connectivity index (χ0n) is 33.4. The Labute approximate surface area is 320 Å². The van der Waals surface area contributed by atoms with Gasteiger partial charge in [-0.15, -0.1) is 0 Å². The molecular weight excluding hydrogens is 688 g/mol. The van der Waals surface area contributed by atoms with Gasteiger partial charge in [-0.25, -0.2) is 14.6 Å². The Hall–Kier alpha value is -4.43. The average molecular weight is 753 g/mol. The molecule has 14 heteroatoms. The van der Waals surface area contributed by atoms with E-state index in [4.69, 9.17) is 20.2 Å². The van der Waals surface area contributed by atoms with Gasteiger partial charge < -0.3 is 46.0 Å². The van der Waals surface area contributed by atoms with Gasteiger partial charge >= 0.3 is 18.0 Å². The Kier molecular flexibility index (Phi) is 14.3. The van der Waals surface area contributed by atoms with E-state index in [-0.39, 0.29) is 31.8 Å². The Balaban J connectivity index is 0.00000812. The van der Waals surface area contributed by atoms with Crippen molar-refractivity contribution < 1.29 is 30.1 Å². The van der Waals surface area contributed by atoms with Crippen molar-refractivity contribution in [2.45, 2.75) is 135 Å². The van der Waals surface area contributed by atoms with Crippen LogP contribution in [0.5, 0.6) is 0 Å². The van der Waals surface area contributed by atoms with Crippen molar-refractivity contribution in [1.82, 2.24) is 35.8 Å². The smallest absolute Gasteiger partial charge is 0.329 e. The molecule has 1 aliphatic rings. The van der Waals surface area contributed by atoms with E-state index in [0.29, 0.717) is 57.0 Å².